The van der Waals surface area contributed by atoms with Gasteiger partial charge >= 0.3 is 0 Å². The van der Waals surface area contributed by atoms with E-state index in [0.717, 1.165) is 30.8 Å². The number of amides is 1. The minimum Gasteiger partial charge on any atom is -0.496 e. The topological polar surface area (TPSA) is 38.8 Å². The van der Waals surface area contributed by atoms with Gasteiger partial charge in [-0.1, -0.05) is 6.08 Å². The fourth-order valence-corrected chi connectivity index (χ4v) is 2.79. The van der Waals surface area contributed by atoms with Crippen LogP contribution in [-0.4, -0.2) is 44.2 Å². The minimum absolute atomic E-state index is 0.0159. The molecular weight excluding hydrogens is 278 g/mol. The molecule has 1 aliphatic rings. The molecule has 22 heavy (non-hydrogen) atoms. The summed E-state index contributed by atoms with van der Waals surface area (Å²) >= 11 is 0. The molecule has 1 aliphatic heterocycles. The summed E-state index contributed by atoms with van der Waals surface area (Å²) in [5.41, 5.74) is 1.65. The molecular formula is C18H25NO3. The summed E-state index contributed by atoms with van der Waals surface area (Å²) < 4.78 is 11.0. The van der Waals surface area contributed by atoms with Crippen LogP contribution in [-0.2, 0) is 11.2 Å². The number of likely N-dealkylation sites (N-methyl/N-ethyl adjacent to an activating group) is 1. The van der Waals surface area contributed by atoms with Crippen LogP contribution in [0.25, 0.3) is 0 Å². The van der Waals surface area contributed by atoms with E-state index in [1.165, 1.54) is 6.42 Å². The first kappa shape index (κ1) is 16.6. The SMILES string of the molecule is C=CCc1cc(C(=O)N(C)C[C@H]2CCCCO2)ccc1OC. The molecule has 4 nitrogen and oxygen atoms in total. The Hall–Kier alpha value is -1.81. The quantitative estimate of drug-likeness (QED) is 0.758. The molecule has 2 rings (SSSR count). The lowest BCUT2D eigenvalue weighted by Crippen LogP contribution is -2.37. The molecule has 120 valence electrons. The van der Waals surface area contributed by atoms with Gasteiger partial charge in [-0.05, 0) is 49.4 Å². The predicted molar refractivity (Wildman–Crippen MR) is 87.4 cm³/mol. The molecule has 1 atom stereocenters. The maximum atomic E-state index is 12.6. The lowest BCUT2D eigenvalue weighted by molar-refractivity contribution is -0.000189. The maximum Gasteiger partial charge on any atom is 0.253 e. The van der Waals surface area contributed by atoms with Crippen LogP contribution in [0.2, 0.25) is 0 Å². The van der Waals surface area contributed by atoms with E-state index in [1.807, 2.05) is 31.3 Å². The second-order valence-corrected chi connectivity index (χ2v) is 5.69. The third-order valence-electron chi connectivity index (χ3n) is 3.99. The Morgan fingerprint density at radius 2 is 2.32 bits per heavy atom. The van der Waals surface area contributed by atoms with Gasteiger partial charge in [0.2, 0.25) is 0 Å². The fourth-order valence-electron chi connectivity index (χ4n) is 2.79. The highest BCUT2D eigenvalue weighted by Crippen LogP contribution is 2.22. The molecule has 0 N–H and O–H groups in total. The highest BCUT2D eigenvalue weighted by atomic mass is 16.5. The number of allylic oxidation sites excluding steroid dienone is 1. The zero-order valence-electron chi connectivity index (χ0n) is 13.5. The van der Waals surface area contributed by atoms with Crippen LogP contribution < -0.4 is 4.74 Å². The van der Waals surface area contributed by atoms with Gasteiger partial charge in [0.25, 0.3) is 5.91 Å². The maximum absolute atomic E-state index is 12.6. The number of ether oxygens (including phenoxy) is 2. The third-order valence-corrected chi connectivity index (χ3v) is 3.99. The van der Waals surface area contributed by atoms with Gasteiger partial charge in [-0.15, -0.1) is 6.58 Å². The van der Waals surface area contributed by atoms with E-state index in [2.05, 4.69) is 6.58 Å². The normalized spacial score (nSPS) is 17.8. The first-order chi connectivity index (χ1) is 10.7. The van der Waals surface area contributed by atoms with E-state index in [-0.39, 0.29) is 12.0 Å². The summed E-state index contributed by atoms with van der Waals surface area (Å²) in [6.45, 7) is 5.20. The van der Waals surface area contributed by atoms with Crippen molar-refractivity contribution in [2.24, 2.45) is 0 Å². The molecule has 1 fully saturated rings. The summed E-state index contributed by atoms with van der Waals surface area (Å²) in [6.07, 6.45) is 5.98. The smallest absolute Gasteiger partial charge is 0.253 e. The van der Waals surface area contributed by atoms with Crippen molar-refractivity contribution in [1.29, 1.82) is 0 Å². The van der Waals surface area contributed by atoms with Crippen molar-refractivity contribution in [3.63, 3.8) is 0 Å². The molecule has 1 aromatic rings. The lowest BCUT2D eigenvalue weighted by atomic mass is 10.0. The Labute approximate surface area is 132 Å². The van der Waals surface area contributed by atoms with Crippen molar-refractivity contribution >= 4 is 5.91 Å². The number of rotatable bonds is 6. The number of benzene rings is 1. The van der Waals surface area contributed by atoms with E-state index in [1.54, 1.807) is 12.0 Å². The molecule has 1 amide bonds. The molecule has 0 spiro atoms. The summed E-state index contributed by atoms with van der Waals surface area (Å²) in [4.78, 5) is 14.3. The van der Waals surface area contributed by atoms with Gasteiger partial charge in [0.1, 0.15) is 5.75 Å². The first-order valence-electron chi connectivity index (χ1n) is 7.80. The largest absolute Gasteiger partial charge is 0.496 e. The Kier molecular flexibility index (Phi) is 6.01. The molecule has 0 bridgehead atoms. The standard InChI is InChI=1S/C18H25NO3/c1-4-7-14-12-15(9-10-17(14)21-3)18(20)19(2)13-16-8-5-6-11-22-16/h4,9-10,12,16H,1,5-8,11,13H2,2-3H3/t16-/m1/s1. The van der Waals surface area contributed by atoms with Crippen LogP contribution in [0.15, 0.2) is 30.9 Å². The van der Waals surface area contributed by atoms with Crippen molar-refractivity contribution in [3.05, 3.63) is 42.0 Å². The van der Waals surface area contributed by atoms with E-state index in [9.17, 15) is 4.79 Å². The Balaban J connectivity index is 2.07. The van der Waals surface area contributed by atoms with E-state index in [4.69, 9.17) is 9.47 Å². The molecule has 1 saturated heterocycles. The summed E-state index contributed by atoms with van der Waals surface area (Å²) in [6, 6.07) is 5.55. The van der Waals surface area contributed by atoms with E-state index in [0.29, 0.717) is 18.5 Å². The van der Waals surface area contributed by atoms with Gasteiger partial charge in [0.15, 0.2) is 0 Å². The Morgan fingerprint density at radius 3 is 2.95 bits per heavy atom. The van der Waals surface area contributed by atoms with Gasteiger partial charge < -0.3 is 14.4 Å². The second kappa shape index (κ2) is 7.99. The number of methoxy groups -OCH3 is 1. The van der Waals surface area contributed by atoms with Crippen LogP contribution in [0, 0.1) is 0 Å². The van der Waals surface area contributed by atoms with Crippen LogP contribution in [0.4, 0.5) is 0 Å². The van der Waals surface area contributed by atoms with Gasteiger partial charge in [-0.3, -0.25) is 4.79 Å². The van der Waals surface area contributed by atoms with Gasteiger partial charge in [-0.2, -0.15) is 0 Å². The van der Waals surface area contributed by atoms with Crippen LogP contribution in [0.3, 0.4) is 0 Å². The minimum atomic E-state index is 0.0159. The molecule has 0 unspecified atom stereocenters. The monoisotopic (exact) mass is 303 g/mol. The molecule has 0 aromatic heterocycles. The molecule has 1 aromatic carbocycles. The van der Waals surface area contributed by atoms with Gasteiger partial charge in [0, 0.05) is 25.8 Å². The Bertz CT molecular complexity index is 521. The molecule has 0 saturated carbocycles. The molecule has 4 heteroatoms. The second-order valence-electron chi connectivity index (χ2n) is 5.69. The molecule has 1 heterocycles. The van der Waals surface area contributed by atoms with Crippen molar-refractivity contribution in [2.75, 3.05) is 27.3 Å². The highest BCUT2D eigenvalue weighted by Gasteiger charge is 2.20. The Morgan fingerprint density at radius 1 is 1.50 bits per heavy atom. The fraction of sp³-hybridized carbons (Fsp3) is 0.500. The van der Waals surface area contributed by atoms with Crippen molar-refractivity contribution in [3.8, 4) is 5.75 Å². The number of carbonyl (C=O) groups is 1. The number of nitrogens with zero attached hydrogens (tertiary/aromatic N) is 1. The average Bonchev–Trinajstić information content (AvgIpc) is 2.55. The zero-order valence-corrected chi connectivity index (χ0v) is 13.5. The number of hydrogen-bond acceptors (Lipinski definition) is 3. The van der Waals surface area contributed by atoms with Crippen molar-refractivity contribution in [1.82, 2.24) is 4.90 Å². The van der Waals surface area contributed by atoms with Crippen LogP contribution in [0.5, 0.6) is 5.75 Å². The van der Waals surface area contributed by atoms with Crippen LogP contribution >= 0.6 is 0 Å². The van der Waals surface area contributed by atoms with E-state index < -0.39 is 0 Å². The average molecular weight is 303 g/mol. The lowest BCUT2D eigenvalue weighted by Gasteiger charge is -2.27. The first-order valence-corrected chi connectivity index (χ1v) is 7.80. The van der Waals surface area contributed by atoms with E-state index >= 15 is 0 Å². The highest BCUT2D eigenvalue weighted by molar-refractivity contribution is 5.94. The van der Waals surface area contributed by atoms with Gasteiger partial charge in [-0.25, -0.2) is 0 Å². The van der Waals surface area contributed by atoms with Gasteiger partial charge in [0.05, 0.1) is 13.2 Å². The van der Waals surface area contributed by atoms with Crippen LogP contribution in [0.1, 0.15) is 35.2 Å². The molecule has 0 aliphatic carbocycles. The van der Waals surface area contributed by atoms with Crippen molar-refractivity contribution in [2.45, 2.75) is 31.8 Å². The zero-order chi connectivity index (χ0) is 15.9. The summed E-state index contributed by atoms with van der Waals surface area (Å²) in [5.74, 6) is 0.803. The number of hydrogen-bond donors (Lipinski definition) is 0. The number of carbonyl (C=O) groups excluding carboxylic acids is 1. The predicted octanol–water partition coefficient (Wildman–Crippen LogP) is 3.06. The van der Waals surface area contributed by atoms with Crippen molar-refractivity contribution < 1.29 is 14.3 Å². The summed E-state index contributed by atoms with van der Waals surface area (Å²) in [7, 11) is 3.47. The summed E-state index contributed by atoms with van der Waals surface area (Å²) in [5, 5.41) is 0. The molecule has 0 radical (unpaired) electrons. The third kappa shape index (κ3) is 4.10.